The Labute approximate surface area is 90.2 Å². The van der Waals surface area contributed by atoms with Crippen molar-refractivity contribution in [3.8, 4) is 0 Å². The highest BCUT2D eigenvalue weighted by atomic mass is 14.7. The Balaban J connectivity index is 2.16. The zero-order chi connectivity index (χ0) is 10.1. The van der Waals surface area contributed by atoms with Crippen LogP contribution in [0.15, 0.2) is 30.3 Å². The molecule has 1 nitrogen and oxygen atoms in total. The molecule has 1 aliphatic carbocycles. The fourth-order valence-corrected chi connectivity index (χ4v) is 2.60. The highest BCUT2D eigenvalue weighted by Gasteiger charge is 2.19. The Hall–Kier alpha value is -1.37. The summed E-state index contributed by atoms with van der Waals surface area (Å²) in [6, 6.07) is 10.5. The summed E-state index contributed by atoms with van der Waals surface area (Å²) in [4.78, 5) is 4.46. The van der Waals surface area contributed by atoms with E-state index in [1.54, 1.807) is 0 Å². The molecule has 0 amide bonds. The molecule has 0 atom stereocenters. The molecule has 0 aliphatic heterocycles. The van der Waals surface area contributed by atoms with Gasteiger partial charge in [-0.15, -0.1) is 0 Å². The second kappa shape index (κ2) is 3.65. The minimum Gasteiger partial charge on any atom is -0.250 e. The summed E-state index contributed by atoms with van der Waals surface area (Å²) in [6.07, 6.45) is 8.35. The SMILES string of the molecule is [c]1cc2ccccc2c(C2CCCC2)n1. The predicted molar refractivity (Wildman–Crippen MR) is 61.8 cm³/mol. The standard InChI is InChI=1S/C14H14N/c1-2-7-12(6-1)14-13-8-4-3-5-11(13)9-10-15-14/h3-5,8-9,12H,1-2,6-7H2. The first kappa shape index (κ1) is 8.90. The zero-order valence-electron chi connectivity index (χ0n) is 8.74. The van der Waals surface area contributed by atoms with Gasteiger partial charge in [0.15, 0.2) is 0 Å². The Morgan fingerprint density at radius 3 is 2.80 bits per heavy atom. The van der Waals surface area contributed by atoms with Crippen molar-refractivity contribution in [1.29, 1.82) is 0 Å². The van der Waals surface area contributed by atoms with Crippen LogP contribution in [0.4, 0.5) is 0 Å². The summed E-state index contributed by atoms with van der Waals surface area (Å²) in [6.45, 7) is 0. The van der Waals surface area contributed by atoms with E-state index >= 15 is 0 Å². The average Bonchev–Trinajstić information content (AvgIpc) is 2.82. The van der Waals surface area contributed by atoms with Gasteiger partial charge in [0.05, 0.1) is 11.9 Å². The first-order chi connectivity index (χ1) is 7.45. The molecule has 1 radical (unpaired) electrons. The van der Waals surface area contributed by atoms with Gasteiger partial charge in [0, 0.05) is 11.3 Å². The lowest BCUT2D eigenvalue weighted by Crippen LogP contribution is -1.97. The van der Waals surface area contributed by atoms with Crippen LogP contribution in [0.2, 0.25) is 0 Å². The maximum Gasteiger partial charge on any atom is 0.0896 e. The van der Waals surface area contributed by atoms with E-state index in [1.165, 1.54) is 42.1 Å². The molecule has 1 aromatic heterocycles. The van der Waals surface area contributed by atoms with Crippen molar-refractivity contribution in [2.75, 3.05) is 0 Å². The fraction of sp³-hybridized carbons (Fsp3) is 0.357. The van der Waals surface area contributed by atoms with Crippen molar-refractivity contribution >= 4 is 10.8 Å². The highest BCUT2D eigenvalue weighted by molar-refractivity contribution is 5.84. The van der Waals surface area contributed by atoms with Crippen molar-refractivity contribution in [2.24, 2.45) is 0 Å². The predicted octanol–water partition coefficient (Wildman–Crippen LogP) is 3.69. The number of hydrogen-bond donors (Lipinski definition) is 0. The maximum absolute atomic E-state index is 4.46. The number of aromatic nitrogens is 1. The third-order valence-electron chi connectivity index (χ3n) is 3.38. The largest absolute Gasteiger partial charge is 0.250 e. The molecular weight excluding hydrogens is 182 g/mol. The lowest BCUT2D eigenvalue weighted by molar-refractivity contribution is 0.704. The van der Waals surface area contributed by atoms with Gasteiger partial charge in [-0.2, -0.15) is 0 Å². The number of fused-ring (bicyclic) bond motifs is 1. The first-order valence-corrected chi connectivity index (χ1v) is 5.71. The van der Waals surface area contributed by atoms with E-state index in [2.05, 4.69) is 35.4 Å². The van der Waals surface area contributed by atoms with E-state index in [-0.39, 0.29) is 0 Å². The van der Waals surface area contributed by atoms with Crippen LogP contribution in [0.3, 0.4) is 0 Å². The van der Waals surface area contributed by atoms with E-state index in [4.69, 9.17) is 0 Å². The molecule has 0 saturated heterocycles. The molecular formula is C14H14N. The molecule has 0 bridgehead atoms. The quantitative estimate of drug-likeness (QED) is 0.677. The minimum atomic E-state index is 0.673. The van der Waals surface area contributed by atoms with Gasteiger partial charge in [0.25, 0.3) is 0 Å². The van der Waals surface area contributed by atoms with Crippen molar-refractivity contribution in [3.63, 3.8) is 0 Å². The molecule has 1 aliphatic rings. The number of nitrogens with zero attached hydrogens (tertiary/aromatic N) is 1. The average molecular weight is 196 g/mol. The van der Waals surface area contributed by atoms with Crippen LogP contribution in [0.1, 0.15) is 37.3 Å². The van der Waals surface area contributed by atoms with Crippen LogP contribution in [-0.2, 0) is 0 Å². The maximum atomic E-state index is 4.46. The molecule has 15 heavy (non-hydrogen) atoms. The normalized spacial score (nSPS) is 17.3. The van der Waals surface area contributed by atoms with Crippen LogP contribution >= 0.6 is 0 Å². The van der Waals surface area contributed by atoms with Crippen LogP contribution in [0.25, 0.3) is 10.8 Å². The first-order valence-electron chi connectivity index (χ1n) is 5.71. The van der Waals surface area contributed by atoms with E-state index in [1.807, 2.05) is 6.07 Å². The van der Waals surface area contributed by atoms with E-state index in [0.29, 0.717) is 5.92 Å². The molecule has 1 heteroatoms. The van der Waals surface area contributed by atoms with E-state index in [9.17, 15) is 0 Å². The Kier molecular flexibility index (Phi) is 2.17. The topological polar surface area (TPSA) is 12.9 Å². The molecule has 1 aromatic carbocycles. The molecule has 1 saturated carbocycles. The van der Waals surface area contributed by atoms with Crippen molar-refractivity contribution < 1.29 is 0 Å². The van der Waals surface area contributed by atoms with Crippen molar-refractivity contribution in [1.82, 2.24) is 4.98 Å². The lowest BCUT2D eigenvalue weighted by Gasteiger charge is -2.10. The molecule has 0 spiro atoms. The smallest absolute Gasteiger partial charge is 0.0896 e. The third-order valence-corrected chi connectivity index (χ3v) is 3.38. The Morgan fingerprint density at radius 2 is 1.93 bits per heavy atom. The molecule has 1 fully saturated rings. The summed E-state index contributed by atoms with van der Waals surface area (Å²) in [5.41, 5.74) is 1.27. The van der Waals surface area contributed by atoms with Crippen molar-refractivity contribution in [3.05, 3.63) is 42.2 Å². The molecule has 0 unspecified atom stereocenters. The summed E-state index contributed by atoms with van der Waals surface area (Å²) in [5, 5.41) is 2.59. The Morgan fingerprint density at radius 1 is 1.13 bits per heavy atom. The molecule has 1 heterocycles. The van der Waals surface area contributed by atoms with Gasteiger partial charge in [-0.05, 0) is 24.3 Å². The minimum absolute atomic E-state index is 0.673. The van der Waals surface area contributed by atoms with E-state index < -0.39 is 0 Å². The lowest BCUT2D eigenvalue weighted by atomic mass is 9.98. The molecule has 3 rings (SSSR count). The summed E-state index contributed by atoms with van der Waals surface area (Å²) >= 11 is 0. The second-order valence-corrected chi connectivity index (χ2v) is 4.34. The van der Waals surface area contributed by atoms with Gasteiger partial charge < -0.3 is 0 Å². The fourth-order valence-electron chi connectivity index (χ4n) is 2.60. The number of rotatable bonds is 1. The monoisotopic (exact) mass is 196 g/mol. The third kappa shape index (κ3) is 1.52. The summed E-state index contributed by atoms with van der Waals surface area (Å²) in [5.74, 6) is 0.673. The molecule has 0 N–H and O–H groups in total. The molecule has 2 aromatic rings. The number of pyridine rings is 1. The summed E-state index contributed by atoms with van der Waals surface area (Å²) in [7, 11) is 0. The highest BCUT2D eigenvalue weighted by Crippen LogP contribution is 2.35. The van der Waals surface area contributed by atoms with Crippen molar-refractivity contribution in [2.45, 2.75) is 31.6 Å². The summed E-state index contributed by atoms with van der Waals surface area (Å²) < 4.78 is 0. The zero-order valence-corrected chi connectivity index (χ0v) is 8.74. The molecule has 75 valence electrons. The number of hydrogen-bond acceptors (Lipinski definition) is 1. The van der Waals surface area contributed by atoms with Crippen LogP contribution in [0, 0.1) is 6.20 Å². The van der Waals surface area contributed by atoms with Crippen LogP contribution in [0.5, 0.6) is 0 Å². The Bertz CT molecular complexity index is 464. The van der Waals surface area contributed by atoms with Gasteiger partial charge in [0.2, 0.25) is 0 Å². The van der Waals surface area contributed by atoms with Gasteiger partial charge in [-0.1, -0.05) is 37.1 Å². The van der Waals surface area contributed by atoms with Crippen LogP contribution in [-0.4, -0.2) is 4.98 Å². The van der Waals surface area contributed by atoms with E-state index in [0.717, 1.165) is 0 Å². The van der Waals surface area contributed by atoms with Gasteiger partial charge in [0.1, 0.15) is 0 Å². The van der Waals surface area contributed by atoms with Crippen LogP contribution < -0.4 is 0 Å². The van der Waals surface area contributed by atoms with Gasteiger partial charge in [-0.25, -0.2) is 0 Å². The second-order valence-electron chi connectivity index (χ2n) is 4.34. The van der Waals surface area contributed by atoms with Gasteiger partial charge >= 0.3 is 0 Å². The number of benzene rings is 1. The van der Waals surface area contributed by atoms with Gasteiger partial charge in [-0.3, -0.25) is 4.98 Å².